The zero-order valence-electron chi connectivity index (χ0n) is 14.6. The van der Waals surface area contributed by atoms with Gasteiger partial charge in [-0.25, -0.2) is 10.1 Å². The Balaban J connectivity index is 1.65. The number of carbonyl (C=O) groups excluding carboxylic acids is 3. The minimum Gasteiger partial charge on any atom is -0.489 e. The first-order chi connectivity index (χ1) is 13.9. The normalized spacial score (nSPS) is 20.2. The van der Waals surface area contributed by atoms with E-state index in [4.69, 9.17) is 9.99 Å². The number of ketones is 2. The first kappa shape index (κ1) is 21.1. The third-order valence-electron chi connectivity index (χ3n) is 4.26. The van der Waals surface area contributed by atoms with Gasteiger partial charge < -0.3 is 9.47 Å². The monoisotopic (exact) mass is 428 g/mol. The summed E-state index contributed by atoms with van der Waals surface area (Å²) in [6, 6.07) is 4.52. The summed E-state index contributed by atoms with van der Waals surface area (Å²) in [5.41, 5.74) is 0.328. The van der Waals surface area contributed by atoms with E-state index in [0.717, 1.165) is 0 Å². The lowest BCUT2D eigenvalue weighted by molar-refractivity contribution is -0.433. The van der Waals surface area contributed by atoms with Crippen LogP contribution in [-0.2, 0) is 18.9 Å². The number of allylic oxidation sites excluding steroid dienone is 4. The summed E-state index contributed by atoms with van der Waals surface area (Å²) in [5, 5.41) is 6.74. The van der Waals surface area contributed by atoms with Crippen molar-refractivity contribution in [2.75, 3.05) is 13.2 Å². The lowest BCUT2D eigenvalue weighted by atomic mass is 9.72. The molecule has 0 saturated heterocycles. The van der Waals surface area contributed by atoms with Gasteiger partial charge in [-0.2, -0.15) is 8.78 Å². The summed E-state index contributed by atoms with van der Waals surface area (Å²) < 4.78 is 39.9. The van der Waals surface area contributed by atoms with Crippen LogP contribution in [0, 0.1) is 11.8 Å². The molecular weight excluding hydrogens is 414 g/mol. The topological polar surface area (TPSA) is 108 Å². The predicted octanol–water partition coefficient (Wildman–Crippen LogP) is 3.01. The molecule has 3 rings (SSSR count). The van der Waals surface area contributed by atoms with Crippen LogP contribution >= 0.6 is 12.0 Å². The van der Waals surface area contributed by atoms with Gasteiger partial charge in [0.25, 0.3) is 0 Å². The van der Waals surface area contributed by atoms with Gasteiger partial charge in [0, 0.05) is 5.56 Å². The Kier molecular flexibility index (Phi) is 6.42. The van der Waals surface area contributed by atoms with E-state index in [9.17, 15) is 23.2 Å². The van der Waals surface area contributed by atoms with Crippen molar-refractivity contribution in [3.8, 4) is 5.75 Å². The number of benzene rings is 1. The summed E-state index contributed by atoms with van der Waals surface area (Å²) in [7, 11) is 0. The number of ether oxygens (including phenoxy) is 2. The van der Waals surface area contributed by atoms with Gasteiger partial charge >= 0.3 is 11.2 Å². The number of hydrogen-bond acceptors (Lipinski definition) is 9. The third kappa shape index (κ3) is 4.37. The molecule has 2 atom stereocenters. The molecule has 11 heteroatoms. The first-order valence-corrected chi connectivity index (χ1v) is 9.01. The highest BCUT2D eigenvalue weighted by Crippen LogP contribution is 2.38. The van der Waals surface area contributed by atoms with Crippen LogP contribution in [0.4, 0.5) is 8.78 Å². The molecule has 0 heterocycles. The van der Waals surface area contributed by atoms with E-state index in [1.165, 1.54) is 18.2 Å². The van der Waals surface area contributed by atoms with E-state index in [-0.39, 0.29) is 35.0 Å². The maximum Gasteiger partial charge on any atom is 0.415 e. The van der Waals surface area contributed by atoms with Crippen LogP contribution in [0.1, 0.15) is 20.7 Å². The highest BCUT2D eigenvalue weighted by atomic mass is 32.2. The molecule has 0 saturated carbocycles. The molecule has 1 N–H and O–H groups in total. The van der Waals surface area contributed by atoms with Gasteiger partial charge in [-0.15, -0.1) is 4.33 Å². The molecule has 29 heavy (non-hydrogen) atoms. The number of fused-ring (bicyclic) bond motifs is 2. The SMILES string of the molecule is O=C1c2cccc(OCCOC(=O)C(F)(F)SOOO)c2C(=O)C2C=CC=CC12. The largest absolute Gasteiger partial charge is 0.489 e. The van der Waals surface area contributed by atoms with Crippen LogP contribution in [0.25, 0.3) is 0 Å². The molecule has 154 valence electrons. The Labute approximate surface area is 167 Å². The molecule has 2 aliphatic rings. The van der Waals surface area contributed by atoms with Crippen molar-refractivity contribution in [3.05, 3.63) is 53.6 Å². The quantitative estimate of drug-likeness (QED) is 0.220. The number of Topliss-reactive ketones (excluding diaryl/α,β-unsaturated/α-hetero) is 2. The predicted molar refractivity (Wildman–Crippen MR) is 94.2 cm³/mol. The van der Waals surface area contributed by atoms with Crippen molar-refractivity contribution in [1.29, 1.82) is 0 Å². The van der Waals surface area contributed by atoms with Crippen LogP contribution in [0.15, 0.2) is 42.5 Å². The molecule has 2 aliphatic carbocycles. The summed E-state index contributed by atoms with van der Waals surface area (Å²) in [6.07, 6.45) is 6.71. The Morgan fingerprint density at radius 3 is 2.48 bits per heavy atom. The van der Waals surface area contributed by atoms with E-state index in [1.807, 2.05) is 0 Å². The van der Waals surface area contributed by atoms with Gasteiger partial charge in [0.2, 0.25) is 0 Å². The van der Waals surface area contributed by atoms with Gasteiger partial charge in [-0.3, -0.25) is 9.59 Å². The maximum absolute atomic E-state index is 13.3. The number of hydrogen-bond donors (Lipinski definition) is 1. The van der Waals surface area contributed by atoms with Crippen molar-refractivity contribution in [3.63, 3.8) is 0 Å². The van der Waals surface area contributed by atoms with E-state index in [0.29, 0.717) is 0 Å². The number of carbonyl (C=O) groups is 3. The Hall–Kier alpha value is -2.60. The van der Waals surface area contributed by atoms with Crippen LogP contribution in [0.3, 0.4) is 0 Å². The average molecular weight is 428 g/mol. The molecule has 0 amide bonds. The van der Waals surface area contributed by atoms with Crippen molar-refractivity contribution >= 4 is 29.6 Å². The number of rotatable bonds is 8. The summed E-state index contributed by atoms with van der Waals surface area (Å²) >= 11 is -0.744. The molecule has 0 aromatic heterocycles. The molecule has 0 spiro atoms. The fourth-order valence-corrected chi connectivity index (χ4v) is 3.27. The van der Waals surface area contributed by atoms with E-state index in [1.54, 1.807) is 24.3 Å². The van der Waals surface area contributed by atoms with Gasteiger partial charge in [-0.1, -0.05) is 41.5 Å². The second kappa shape index (κ2) is 8.82. The highest BCUT2D eigenvalue weighted by molar-refractivity contribution is 7.96. The molecule has 1 aromatic rings. The summed E-state index contributed by atoms with van der Waals surface area (Å²) in [6.45, 7) is -0.902. The van der Waals surface area contributed by atoms with Crippen LogP contribution in [-0.4, -0.2) is 41.3 Å². The van der Waals surface area contributed by atoms with Crippen LogP contribution in [0.5, 0.6) is 5.75 Å². The molecule has 1 aromatic carbocycles. The summed E-state index contributed by atoms with van der Waals surface area (Å²) in [4.78, 5) is 36.8. The van der Waals surface area contributed by atoms with Crippen molar-refractivity contribution in [2.45, 2.75) is 5.25 Å². The van der Waals surface area contributed by atoms with Crippen LogP contribution < -0.4 is 4.74 Å². The first-order valence-electron chi connectivity index (χ1n) is 8.27. The lowest BCUT2D eigenvalue weighted by Gasteiger charge is -2.29. The minimum atomic E-state index is -4.12. The Morgan fingerprint density at radius 1 is 1.10 bits per heavy atom. The molecular formula is C18H14F2O8S. The molecule has 0 fully saturated rings. The molecule has 8 nitrogen and oxygen atoms in total. The smallest absolute Gasteiger partial charge is 0.415 e. The Morgan fingerprint density at radius 2 is 1.79 bits per heavy atom. The van der Waals surface area contributed by atoms with Crippen molar-refractivity contribution in [2.24, 2.45) is 11.8 Å². The second-order valence-electron chi connectivity index (χ2n) is 5.96. The zero-order valence-corrected chi connectivity index (χ0v) is 15.4. The number of alkyl halides is 2. The average Bonchev–Trinajstić information content (AvgIpc) is 2.73. The number of halogens is 2. The maximum atomic E-state index is 13.3. The molecule has 0 bridgehead atoms. The van der Waals surface area contributed by atoms with Crippen LogP contribution in [0.2, 0.25) is 0 Å². The van der Waals surface area contributed by atoms with E-state index < -0.39 is 41.7 Å². The molecule has 0 radical (unpaired) electrons. The minimum absolute atomic E-state index is 0.0939. The zero-order chi connectivity index (χ0) is 21.0. The van der Waals surface area contributed by atoms with Gasteiger partial charge in [0.05, 0.1) is 17.4 Å². The lowest BCUT2D eigenvalue weighted by Crippen LogP contribution is -2.35. The van der Waals surface area contributed by atoms with E-state index >= 15 is 0 Å². The number of esters is 1. The van der Waals surface area contributed by atoms with E-state index in [2.05, 4.69) is 14.1 Å². The van der Waals surface area contributed by atoms with Crippen molar-refractivity contribution in [1.82, 2.24) is 0 Å². The summed E-state index contributed by atoms with van der Waals surface area (Å²) in [5.74, 6) is -3.55. The fourth-order valence-electron chi connectivity index (χ4n) is 3.03. The van der Waals surface area contributed by atoms with Gasteiger partial charge in [-0.05, 0) is 6.07 Å². The highest BCUT2D eigenvalue weighted by Gasteiger charge is 2.44. The van der Waals surface area contributed by atoms with Gasteiger partial charge in [0.1, 0.15) is 31.0 Å². The third-order valence-corrected chi connectivity index (χ3v) is 4.76. The Bertz CT molecular complexity index is 883. The van der Waals surface area contributed by atoms with Gasteiger partial charge in [0.15, 0.2) is 11.6 Å². The second-order valence-corrected chi connectivity index (χ2v) is 6.77. The molecule has 2 unspecified atom stereocenters. The molecule has 0 aliphatic heterocycles. The standard InChI is InChI=1S/C18H14F2O8S/c19-18(20,29-28-27-24)17(23)26-9-8-25-13-7-3-6-12-14(13)16(22)11-5-2-1-4-10(11)15(12)21/h1-7,10-11,24H,8-9H2. The fraction of sp³-hybridized carbons (Fsp3) is 0.278. The van der Waals surface area contributed by atoms with Crippen molar-refractivity contribution < 1.29 is 47.3 Å².